The van der Waals surface area contributed by atoms with Crippen LogP contribution in [-0.2, 0) is 11.3 Å². The van der Waals surface area contributed by atoms with Crippen LogP contribution in [0.3, 0.4) is 0 Å². The van der Waals surface area contributed by atoms with Gasteiger partial charge in [0.2, 0.25) is 5.91 Å². The van der Waals surface area contributed by atoms with Crippen LogP contribution in [0.15, 0.2) is 75.2 Å². The Morgan fingerprint density at radius 3 is 2.81 bits per heavy atom. The first-order valence-electron chi connectivity index (χ1n) is 9.37. The first-order chi connectivity index (χ1) is 14.9. The highest BCUT2D eigenvalue weighted by Crippen LogP contribution is 2.26. The van der Waals surface area contributed by atoms with Gasteiger partial charge in [-0.1, -0.05) is 35.5 Å². The van der Waals surface area contributed by atoms with E-state index >= 15 is 0 Å². The van der Waals surface area contributed by atoms with Crippen molar-refractivity contribution in [3.63, 3.8) is 0 Å². The van der Waals surface area contributed by atoms with Gasteiger partial charge in [-0.3, -0.25) is 14.2 Å². The lowest BCUT2D eigenvalue weighted by molar-refractivity contribution is -0.115. The van der Waals surface area contributed by atoms with Crippen LogP contribution in [0.2, 0.25) is 5.02 Å². The summed E-state index contributed by atoms with van der Waals surface area (Å²) in [5.74, 6) is -0.371. The number of para-hydroxylation sites is 1. The predicted octanol–water partition coefficient (Wildman–Crippen LogP) is 4.95. The monoisotopic (exact) mass is 457 g/mol. The van der Waals surface area contributed by atoms with Gasteiger partial charge in [-0.15, -0.1) is 0 Å². The Morgan fingerprint density at radius 1 is 1.26 bits per heavy atom. The first kappa shape index (κ1) is 21.1. The second-order valence-electron chi connectivity index (χ2n) is 6.76. The van der Waals surface area contributed by atoms with Gasteiger partial charge < -0.3 is 9.73 Å². The number of carbonyl (C=O) groups is 1. The molecule has 158 valence electrons. The minimum absolute atomic E-state index is 0.0891. The Morgan fingerprint density at radius 2 is 2.06 bits per heavy atom. The van der Waals surface area contributed by atoms with Crippen LogP contribution in [0.1, 0.15) is 12.7 Å². The quantitative estimate of drug-likeness (QED) is 0.327. The highest BCUT2D eigenvalue weighted by molar-refractivity contribution is 8.00. The van der Waals surface area contributed by atoms with Crippen molar-refractivity contribution in [2.45, 2.75) is 23.9 Å². The molecular formula is C22H17ClFN3O3S. The van der Waals surface area contributed by atoms with E-state index in [1.165, 1.54) is 23.0 Å². The van der Waals surface area contributed by atoms with Gasteiger partial charge in [0.15, 0.2) is 5.16 Å². The molecule has 1 N–H and O–H groups in total. The molecule has 1 amide bonds. The molecule has 0 spiro atoms. The molecule has 2 aromatic heterocycles. The molecule has 4 aromatic rings. The highest BCUT2D eigenvalue weighted by atomic mass is 35.5. The van der Waals surface area contributed by atoms with Gasteiger partial charge in [0, 0.05) is 5.02 Å². The van der Waals surface area contributed by atoms with Gasteiger partial charge in [-0.2, -0.15) is 0 Å². The van der Waals surface area contributed by atoms with E-state index in [1.807, 2.05) is 0 Å². The highest BCUT2D eigenvalue weighted by Gasteiger charge is 2.21. The molecule has 0 saturated heterocycles. The molecule has 2 aromatic carbocycles. The molecule has 4 rings (SSSR count). The summed E-state index contributed by atoms with van der Waals surface area (Å²) in [6, 6.07) is 14.2. The lowest BCUT2D eigenvalue weighted by Gasteiger charge is -2.16. The minimum Gasteiger partial charge on any atom is -0.467 e. The van der Waals surface area contributed by atoms with E-state index in [2.05, 4.69) is 10.3 Å². The summed E-state index contributed by atoms with van der Waals surface area (Å²) < 4.78 is 20.7. The van der Waals surface area contributed by atoms with Crippen LogP contribution >= 0.6 is 23.4 Å². The number of thioether (sulfide) groups is 1. The maximum Gasteiger partial charge on any atom is 0.262 e. The van der Waals surface area contributed by atoms with Gasteiger partial charge in [0.05, 0.1) is 34.6 Å². The van der Waals surface area contributed by atoms with Crippen LogP contribution in [0, 0.1) is 5.82 Å². The Bertz CT molecular complexity index is 1310. The third kappa shape index (κ3) is 4.65. The molecule has 2 heterocycles. The molecule has 0 unspecified atom stereocenters. The average molecular weight is 458 g/mol. The van der Waals surface area contributed by atoms with Gasteiger partial charge in [-0.25, -0.2) is 9.37 Å². The minimum atomic E-state index is -0.661. The number of anilines is 1. The summed E-state index contributed by atoms with van der Waals surface area (Å²) in [5, 5.41) is 3.09. The number of aromatic nitrogens is 2. The zero-order valence-corrected chi connectivity index (χ0v) is 17.9. The Hall–Kier alpha value is -3.10. The zero-order chi connectivity index (χ0) is 22.0. The van der Waals surface area contributed by atoms with Crippen LogP contribution in [-0.4, -0.2) is 20.7 Å². The van der Waals surface area contributed by atoms with E-state index in [0.717, 1.165) is 11.8 Å². The molecule has 0 aliphatic rings. The smallest absolute Gasteiger partial charge is 0.262 e. The van der Waals surface area contributed by atoms with E-state index in [-0.39, 0.29) is 17.8 Å². The number of nitrogens with one attached hydrogen (secondary N) is 1. The molecule has 6 nitrogen and oxygen atoms in total. The summed E-state index contributed by atoms with van der Waals surface area (Å²) in [5.41, 5.74) is 0.242. The lowest BCUT2D eigenvalue weighted by Crippen LogP contribution is -2.27. The lowest BCUT2D eigenvalue weighted by atomic mass is 10.2. The number of hydrogen-bond acceptors (Lipinski definition) is 5. The average Bonchev–Trinajstić information content (AvgIpc) is 3.25. The number of furan rings is 1. The molecular weight excluding hydrogens is 441 g/mol. The molecule has 0 radical (unpaired) electrons. The first-order valence-corrected chi connectivity index (χ1v) is 10.6. The number of rotatable bonds is 6. The fraction of sp³-hybridized carbons (Fsp3) is 0.136. The van der Waals surface area contributed by atoms with Crippen LogP contribution in [0.4, 0.5) is 10.1 Å². The Labute approximate surface area is 186 Å². The third-order valence-corrected chi connectivity index (χ3v) is 5.88. The molecule has 0 fully saturated rings. The standard InChI is InChI=1S/C22H17ClFN3O3S/c1-13(20(28)25-18-7-3-2-6-17(18)24)31-22-26-19-11-14(23)8-9-16(19)21(29)27(22)12-15-5-4-10-30-15/h2-11,13H,12H2,1H3,(H,25,28)/t13-/m1/s1. The number of fused-ring (bicyclic) bond motifs is 1. The molecule has 0 aliphatic heterocycles. The number of benzene rings is 2. The fourth-order valence-electron chi connectivity index (χ4n) is 2.97. The number of amides is 1. The maximum atomic E-state index is 13.9. The number of nitrogens with zero attached hydrogens (tertiary/aromatic N) is 2. The second kappa shape index (κ2) is 8.95. The van der Waals surface area contributed by atoms with Gasteiger partial charge in [-0.05, 0) is 49.4 Å². The van der Waals surface area contributed by atoms with E-state index in [9.17, 15) is 14.0 Å². The third-order valence-electron chi connectivity index (χ3n) is 4.56. The van der Waals surface area contributed by atoms with Crippen LogP contribution in [0.25, 0.3) is 10.9 Å². The number of carbonyl (C=O) groups excluding carboxylic acids is 1. The van der Waals surface area contributed by atoms with Crippen molar-refractivity contribution in [3.8, 4) is 0 Å². The van der Waals surface area contributed by atoms with Gasteiger partial charge in [0.25, 0.3) is 5.56 Å². The SMILES string of the molecule is C[C@@H](Sc1nc2cc(Cl)ccc2c(=O)n1Cc1ccco1)C(=O)Nc1ccccc1F. The fourth-order valence-corrected chi connectivity index (χ4v) is 4.04. The van der Waals surface area contributed by atoms with Crippen molar-refractivity contribution in [1.82, 2.24) is 9.55 Å². The molecule has 0 aliphatic carbocycles. The van der Waals surface area contributed by atoms with Crippen molar-refractivity contribution in [1.29, 1.82) is 0 Å². The summed E-state index contributed by atoms with van der Waals surface area (Å²) in [7, 11) is 0. The molecule has 1 atom stereocenters. The topological polar surface area (TPSA) is 77.1 Å². The van der Waals surface area contributed by atoms with Crippen molar-refractivity contribution >= 4 is 45.9 Å². The number of hydrogen-bond donors (Lipinski definition) is 1. The normalized spacial score (nSPS) is 12.1. The largest absolute Gasteiger partial charge is 0.467 e. The van der Waals surface area contributed by atoms with E-state index in [1.54, 1.807) is 49.4 Å². The van der Waals surface area contributed by atoms with Crippen molar-refractivity contribution in [2.75, 3.05) is 5.32 Å². The number of halogens is 2. The summed E-state index contributed by atoms with van der Waals surface area (Å²) in [4.78, 5) is 30.4. The molecule has 0 saturated carbocycles. The van der Waals surface area contributed by atoms with Crippen molar-refractivity contribution in [2.24, 2.45) is 0 Å². The molecule has 0 bridgehead atoms. The van der Waals surface area contributed by atoms with E-state index in [4.69, 9.17) is 16.0 Å². The summed E-state index contributed by atoms with van der Waals surface area (Å²) >= 11 is 7.16. The van der Waals surface area contributed by atoms with E-state index < -0.39 is 17.0 Å². The predicted molar refractivity (Wildman–Crippen MR) is 119 cm³/mol. The second-order valence-corrected chi connectivity index (χ2v) is 8.50. The summed E-state index contributed by atoms with van der Waals surface area (Å²) in [6.07, 6.45) is 1.52. The van der Waals surface area contributed by atoms with Crippen molar-refractivity contribution in [3.05, 3.63) is 87.8 Å². The van der Waals surface area contributed by atoms with Gasteiger partial charge >= 0.3 is 0 Å². The zero-order valence-electron chi connectivity index (χ0n) is 16.3. The van der Waals surface area contributed by atoms with Crippen molar-refractivity contribution < 1.29 is 13.6 Å². The van der Waals surface area contributed by atoms with E-state index in [0.29, 0.717) is 26.8 Å². The Kier molecular flexibility index (Phi) is 6.11. The maximum absolute atomic E-state index is 13.9. The Balaban J connectivity index is 1.68. The molecule has 9 heteroatoms. The summed E-state index contributed by atoms with van der Waals surface area (Å²) in [6.45, 7) is 1.81. The van der Waals surface area contributed by atoms with Crippen LogP contribution in [0.5, 0.6) is 0 Å². The molecule has 31 heavy (non-hydrogen) atoms. The van der Waals surface area contributed by atoms with Gasteiger partial charge in [0.1, 0.15) is 11.6 Å². The van der Waals surface area contributed by atoms with Crippen LogP contribution < -0.4 is 10.9 Å².